The predicted molar refractivity (Wildman–Crippen MR) is 75.1 cm³/mol. The van der Waals surface area contributed by atoms with Crippen LogP contribution in [-0.2, 0) is 5.41 Å². The predicted octanol–water partition coefficient (Wildman–Crippen LogP) is 4.49. The molecule has 0 radical (unpaired) electrons. The third-order valence-corrected chi connectivity index (χ3v) is 3.98. The molecule has 0 aromatic heterocycles. The van der Waals surface area contributed by atoms with E-state index in [1.165, 1.54) is 23.3 Å². The zero-order valence-corrected chi connectivity index (χ0v) is 12.1. The molecule has 0 spiro atoms. The Hall–Kier alpha value is -0.630. The molecule has 1 aliphatic carbocycles. The maximum absolute atomic E-state index is 5.97. The molecule has 2 heteroatoms. The van der Waals surface area contributed by atoms with Crippen LogP contribution in [0.5, 0.6) is 5.75 Å². The molecule has 0 amide bonds. The molecule has 0 saturated heterocycles. The Morgan fingerprint density at radius 2 is 2.00 bits per heavy atom. The van der Waals surface area contributed by atoms with Crippen LogP contribution in [0.3, 0.4) is 0 Å². The molecule has 0 bridgehead atoms. The van der Waals surface area contributed by atoms with E-state index in [-0.39, 0.29) is 5.41 Å². The number of benzene rings is 1. The lowest BCUT2D eigenvalue weighted by Gasteiger charge is -2.21. The van der Waals surface area contributed by atoms with E-state index in [2.05, 4.69) is 45.2 Å². The zero-order valence-electron chi connectivity index (χ0n) is 11.2. The third kappa shape index (κ3) is 3.41. The second kappa shape index (κ2) is 4.93. The zero-order chi connectivity index (χ0) is 12.5. The van der Waals surface area contributed by atoms with E-state index >= 15 is 0 Å². The van der Waals surface area contributed by atoms with E-state index in [0.717, 1.165) is 18.3 Å². The Bertz CT molecular complexity index is 388. The van der Waals surface area contributed by atoms with Crippen molar-refractivity contribution in [2.24, 2.45) is 5.92 Å². The van der Waals surface area contributed by atoms with Gasteiger partial charge in [-0.1, -0.05) is 26.8 Å². The molecule has 1 aromatic rings. The summed E-state index contributed by atoms with van der Waals surface area (Å²) in [6.07, 6.45) is 4.79. The van der Waals surface area contributed by atoms with Gasteiger partial charge in [0.05, 0.1) is 6.61 Å². The van der Waals surface area contributed by atoms with Gasteiger partial charge in [0, 0.05) is 4.90 Å². The monoisotopic (exact) mass is 250 g/mol. The van der Waals surface area contributed by atoms with Crippen molar-refractivity contribution < 1.29 is 4.74 Å². The Balaban J connectivity index is 2.18. The molecule has 1 fully saturated rings. The number of ether oxygens (including phenoxy) is 1. The molecule has 2 rings (SSSR count). The van der Waals surface area contributed by atoms with Crippen LogP contribution in [0.2, 0.25) is 0 Å². The van der Waals surface area contributed by atoms with E-state index in [9.17, 15) is 0 Å². The van der Waals surface area contributed by atoms with Crippen LogP contribution < -0.4 is 4.74 Å². The van der Waals surface area contributed by atoms with Gasteiger partial charge < -0.3 is 4.74 Å². The van der Waals surface area contributed by atoms with Crippen LogP contribution in [0.25, 0.3) is 0 Å². The molecule has 1 saturated carbocycles. The summed E-state index contributed by atoms with van der Waals surface area (Å²) < 4.78 is 5.97. The maximum Gasteiger partial charge on any atom is 0.133 e. The molecule has 1 nitrogen and oxygen atoms in total. The largest absolute Gasteiger partial charge is 0.492 e. The Kier molecular flexibility index (Phi) is 3.72. The fourth-order valence-electron chi connectivity index (χ4n) is 1.75. The minimum Gasteiger partial charge on any atom is -0.492 e. The highest BCUT2D eigenvalue weighted by atomic mass is 32.2. The average Bonchev–Trinajstić information content (AvgIpc) is 3.08. The van der Waals surface area contributed by atoms with Crippen molar-refractivity contribution in [2.45, 2.75) is 43.9 Å². The van der Waals surface area contributed by atoms with Gasteiger partial charge in [-0.05, 0) is 48.1 Å². The standard InChI is InChI=1S/C15H22OS/c1-15(2,3)12-7-8-14(17-4)13(9-12)16-10-11-5-6-11/h7-9,11H,5-6,10H2,1-4H3. The highest BCUT2D eigenvalue weighted by Crippen LogP contribution is 2.35. The first-order valence-corrected chi connectivity index (χ1v) is 7.54. The van der Waals surface area contributed by atoms with Crippen LogP contribution in [0.4, 0.5) is 0 Å². The highest BCUT2D eigenvalue weighted by Gasteiger charge is 2.23. The summed E-state index contributed by atoms with van der Waals surface area (Å²) in [5.74, 6) is 1.87. The first kappa shape index (κ1) is 12.8. The molecule has 17 heavy (non-hydrogen) atoms. The van der Waals surface area contributed by atoms with Gasteiger partial charge in [-0.15, -0.1) is 11.8 Å². The lowest BCUT2D eigenvalue weighted by molar-refractivity contribution is 0.292. The quantitative estimate of drug-likeness (QED) is 0.728. The van der Waals surface area contributed by atoms with E-state index in [1.807, 2.05) is 0 Å². The van der Waals surface area contributed by atoms with Gasteiger partial charge in [-0.2, -0.15) is 0 Å². The Morgan fingerprint density at radius 3 is 2.53 bits per heavy atom. The van der Waals surface area contributed by atoms with Gasteiger partial charge in [0.25, 0.3) is 0 Å². The molecule has 0 heterocycles. The van der Waals surface area contributed by atoms with Crippen molar-refractivity contribution >= 4 is 11.8 Å². The van der Waals surface area contributed by atoms with Gasteiger partial charge in [0.2, 0.25) is 0 Å². The molecule has 0 aliphatic heterocycles. The first-order valence-electron chi connectivity index (χ1n) is 6.32. The first-order chi connectivity index (χ1) is 8.00. The summed E-state index contributed by atoms with van der Waals surface area (Å²) >= 11 is 1.76. The van der Waals surface area contributed by atoms with E-state index in [1.54, 1.807) is 11.8 Å². The van der Waals surface area contributed by atoms with Gasteiger partial charge in [-0.3, -0.25) is 0 Å². The van der Waals surface area contributed by atoms with Crippen LogP contribution >= 0.6 is 11.8 Å². The van der Waals surface area contributed by atoms with Crippen LogP contribution in [-0.4, -0.2) is 12.9 Å². The van der Waals surface area contributed by atoms with Crippen molar-refractivity contribution in [1.29, 1.82) is 0 Å². The second-order valence-electron chi connectivity index (χ2n) is 5.87. The minimum atomic E-state index is 0.189. The van der Waals surface area contributed by atoms with Gasteiger partial charge in [0.1, 0.15) is 5.75 Å². The molecule has 1 aliphatic rings. The summed E-state index contributed by atoms with van der Waals surface area (Å²) in [4.78, 5) is 1.25. The number of rotatable bonds is 4. The normalized spacial score (nSPS) is 16.0. The van der Waals surface area contributed by atoms with Gasteiger partial charge >= 0.3 is 0 Å². The molecular weight excluding hydrogens is 228 g/mol. The Labute approximate surface area is 109 Å². The lowest BCUT2D eigenvalue weighted by Crippen LogP contribution is -2.11. The van der Waals surface area contributed by atoms with Gasteiger partial charge in [-0.25, -0.2) is 0 Å². The summed E-state index contributed by atoms with van der Waals surface area (Å²) in [5, 5.41) is 0. The maximum atomic E-state index is 5.97. The van der Waals surface area contributed by atoms with Crippen molar-refractivity contribution in [3.63, 3.8) is 0 Å². The van der Waals surface area contributed by atoms with Gasteiger partial charge in [0.15, 0.2) is 0 Å². The molecular formula is C15H22OS. The molecule has 0 atom stereocenters. The van der Waals surface area contributed by atoms with Crippen molar-refractivity contribution in [1.82, 2.24) is 0 Å². The van der Waals surface area contributed by atoms with Crippen LogP contribution in [0.15, 0.2) is 23.1 Å². The summed E-state index contributed by atoms with van der Waals surface area (Å²) in [7, 11) is 0. The average molecular weight is 250 g/mol. The molecule has 1 aromatic carbocycles. The van der Waals surface area contributed by atoms with Crippen molar-refractivity contribution in [3.8, 4) is 5.75 Å². The van der Waals surface area contributed by atoms with E-state index in [4.69, 9.17) is 4.74 Å². The van der Waals surface area contributed by atoms with E-state index in [0.29, 0.717) is 0 Å². The molecule has 0 unspecified atom stereocenters. The number of thioether (sulfide) groups is 1. The minimum absolute atomic E-state index is 0.189. The smallest absolute Gasteiger partial charge is 0.133 e. The topological polar surface area (TPSA) is 9.23 Å². The van der Waals surface area contributed by atoms with Crippen molar-refractivity contribution in [3.05, 3.63) is 23.8 Å². The fourth-order valence-corrected chi connectivity index (χ4v) is 2.27. The van der Waals surface area contributed by atoms with E-state index < -0.39 is 0 Å². The number of hydrogen-bond donors (Lipinski definition) is 0. The lowest BCUT2D eigenvalue weighted by atomic mass is 9.87. The van der Waals surface area contributed by atoms with Crippen molar-refractivity contribution in [2.75, 3.05) is 12.9 Å². The Morgan fingerprint density at radius 1 is 1.29 bits per heavy atom. The summed E-state index contributed by atoms with van der Waals surface area (Å²) in [5.41, 5.74) is 1.54. The summed E-state index contributed by atoms with van der Waals surface area (Å²) in [6, 6.07) is 6.62. The SMILES string of the molecule is CSc1ccc(C(C)(C)C)cc1OCC1CC1. The molecule has 0 N–H and O–H groups in total. The summed E-state index contributed by atoms with van der Waals surface area (Å²) in [6.45, 7) is 7.62. The fraction of sp³-hybridized carbons (Fsp3) is 0.600. The van der Waals surface area contributed by atoms with Crippen LogP contribution in [0.1, 0.15) is 39.2 Å². The molecule has 94 valence electrons. The highest BCUT2D eigenvalue weighted by molar-refractivity contribution is 7.98. The van der Waals surface area contributed by atoms with Crippen LogP contribution in [0, 0.1) is 5.92 Å². The second-order valence-corrected chi connectivity index (χ2v) is 6.72. The third-order valence-electron chi connectivity index (χ3n) is 3.20. The number of hydrogen-bond acceptors (Lipinski definition) is 2.